The van der Waals surface area contributed by atoms with E-state index in [-0.39, 0.29) is 16.2 Å². The maximum absolute atomic E-state index is 13.8. The van der Waals surface area contributed by atoms with Crippen LogP contribution in [-0.4, -0.2) is 32.6 Å². The van der Waals surface area contributed by atoms with Crippen molar-refractivity contribution in [1.82, 2.24) is 14.8 Å². The molecule has 4 rings (SSSR count). The van der Waals surface area contributed by atoms with E-state index in [1.165, 1.54) is 12.1 Å². The van der Waals surface area contributed by atoms with Crippen molar-refractivity contribution in [3.05, 3.63) is 82.7 Å². The van der Waals surface area contributed by atoms with Gasteiger partial charge in [-0.15, -0.1) is 0 Å². The molecule has 0 saturated carbocycles. The van der Waals surface area contributed by atoms with E-state index < -0.39 is 35.5 Å². The fraction of sp³-hybridized carbons (Fsp3) is 0.100. The molecule has 2 heterocycles. The molecule has 9 heteroatoms. The average Bonchev–Trinajstić information content (AvgIpc) is 3.25. The number of hydrogen-bond donors (Lipinski definition) is 0. The molecule has 1 aliphatic rings. The van der Waals surface area contributed by atoms with Crippen molar-refractivity contribution >= 4 is 17.8 Å². The lowest BCUT2D eigenvalue weighted by molar-refractivity contribution is -0.0587. The highest BCUT2D eigenvalue weighted by Crippen LogP contribution is 2.29. The van der Waals surface area contributed by atoms with E-state index in [1.54, 1.807) is 43.3 Å². The maximum atomic E-state index is 13.8. The molecule has 2 amide bonds. The lowest BCUT2D eigenvalue weighted by Gasteiger charge is -2.14. The zero-order valence-corrected chi connectivity index (χ0v) is 15.0. The minimum atomic E-state index is -3.05. The van der Waals surface area contributed by atoms with Crippen LogP contribution < -0.4 is 0 Å². The van der Waals surface area contributed by atoms with Gasteiger partial charge in [0.25, 0.3) is 18.2 Å². The van der Waals surface area contributed by atoms with E-state index in [4.69, 9.17) is 4.84 Å². The first-order valence-corrected chi connectivity index (χ1v) is 8.52. The van der Waals surface area contributed by atoms with Crippen LogP contribution >= 0.6 is 0 Å². The molecule has 1 aliphatic heterocycles. The summed E-state index contributed by atoms with van der Waals surface area (Å²) in [4.78, 5) is 42.1. The summed E-state index contributed by atoms with van der Waals surface area (Å²) in [6, 6.07) is 12.6. The van der Waals surface area contributed by atoms with Crippen molar-refractivity contribution < 1.29 is 28.0 Å². The van der Waals surface area contributed by atoms with Crippen LogP contribution in [0.25, 0.3) is 5.69 Å². The number of para-hydroxylation sites is 1. The van der Waals surface area contributed by atoms with E-state index in [2.05, 4.69) is 5.10 Å². The Kier molecular flexibility index (Phi) is 4.42. The van der Waals surface area contributed by atoms with Crippen molar-refractivity contribution in [3.63, 3.8) is 0 Å². The SMILES string of the molecule is Cc1ccccc1-n1ncc(C(=O)ON2C(=O)c3ccccc3C2=O)c1C(F)F. The number of imide groups is 1. The van der Waals surface area contributed by atoms with Crippen LogP contribution in [0, 0.1) is 6.92 Å². The summed E-state index contributed by atoms with van der Waals surface area (Å²) in [5.41, 5.74) is -0.0777. The predicted molar refractivity (Wildman–Crippen MR) is 95.6 cm³/mol. The number of benzene rings is 2. The normalized spacial score (nSPS) is 13.2. The number of rotatable bonds is 4. The van der Waals surface area contributed by atoms with Crippen LogP contribution in [0.1, 0.15) is 48.8 Å². The van der Waals surface area contributed by atoms with Gasteiger partial charge in [0.2, 0.25) is 0 Å². The number of halogens is 2. The first-order chi connectivity index (χ1) is 13.9. The number of nitrogens with zero attached hydrogens (tertiary/aromatic N) is 3. The summed E-state index contributed by atoms with van der Waals surface area (Å²) >= 11 is 0. The van der Waals surface area contributed by atoms with E-state index in [0.717, 1.165) is 10.9 Å². The molecule has 0 unspecified atom stereocenters. The Morgan fingerprint density at radius 1 is 1.00 bits per heavy atom. The van der Waals surface area contributed by atoms with Gasteiger partial charge in [-0.2, -0.15) is 5.10 Å². The minimum absolute atomic E-state index is 0.0648. The predicted octanol–water partition coefficient (Wildman–Crippen LogP) is 3.49. The summed E-state index contributed by atoms with van der Waals surface area (Å²) in [5, 5.41) is 4.16. The van der Waals surface area contributed by atoms with Gasteiger partial charge in [0.05, 0.1) is 23.0 Å². The summed E-state index contributed by atoms with van der Waals surface area (Å²) in [6.07, 6.45) is -2.13. The van der Waals surface area contributed by atoms with Crippen LogP contribution in [0.15, 0.2) is 54.7 Å². The Morgan fingerprint density at radius 2 is 1.59 bits per heavy atom. The number of fused-ring (bicyclic) bond motifs is 1. The molecule has 0 saturated heterocycles. The first kappa shape index (κ1) is 18.5. The smallest absolute Gasteiger partial charge is 0.324 e. The van der Waals surface area contributed by atoms with Crippen molar-refractivity contribution in [2.45, 2.75) is 13.3 Å². The number of hydroxylamine groups is 2. The van der Waals surface area contributed by atoms with Crippen LogP contribution in [0.4, 0.5) is 8.78 Å². The monoisotopic (exact) mass is 397 g/mol. The highest BCUT2D eigenvalue weighted by Gasteiger charge is 2.40. The molecule has 0 radical (unpaired) electrons. The molecule has 7 nitrogen and oxygen atoms in total. The third-order valence-electron chi connectivity index (χ3n) is 4.51. The number of alkyl halides is 2. The average molecular weight is 397 g/mol. The summed E-state index contributed by atoms with van der Waals surface area (Å²) in [7, 11) is 0. The van der Waals surface area contributed by atoms with Crippen LogP contribution in [0.5, 0.6) is 0 Å². The molecule has 0 N–H and O–H groups in total. The Labute approximate surface area is 163 Å². The summed E-state index contributed by atoms with van der Waals surface area (Å²) < 4.78 is 28.5. The molecule has 29 heavy (non-hydrogen) atoms. The highest BCUT2D eigenvalue weighted by atomic mass is 19.3. The van der Waals surface area contributed by atoms with Crippen LogP contribution in [0.2, 0.25) is 0 Å². The minimum Gasteiger partial charge on any atom is -0.324 e. The Hall–Kier alpha value is -3.88. The van der Waals surface area contributed by atoms with Gasteiger partial charge in [-0.3, -0.25) is 9.59 Å². The number of hydrogen-bond acceptors (Lipinski definition) is 5. The van der Waals surface area contributed by atoms with Crippen molar-refractivity contribution in [2.75, 3.05) is 0 Å². The van der Waals surface area contributed by atoms with Crippen LogP contribution in [-0.2, 0) is 4.84 Å². The van der Waals surface area contributed by atoms with Crippen molar-refractivity contribution in [2.24, 2.45) is 0 Å². The molecule has 0 atom stereocenters. The number of aryl methyl sites for hydroxylation is 1. The summed E-state index contributed by atoms with van der Waals surface area (Å²) in [5.74, 6) is -2.97. The lowest BCUT2D eigenvalue weighted by Crippen LogP contribution is -2.33. The van der Waals surface area contributed by atoms with E-state index in [1.807, 2.05) is 0 Å². The molecular formula is C20H13F2N3O4. The second-order valence-corrected chi connectivity index (χ2v) is 6.27. The molecule has 0 aliphatic carbocycles. The topological polar surface area (TPSA) is 81.5 Å². The number of carbonyl (C=O) groups excluding carboxylic acids is 3. The van der Waals surface area contributed by atoms with Gasteiger partial charge in [0, 0.05) is 0 Å². The number of aromatic nitrogens is 2. The van der Waals surface area contributed by atoms with Gasteiger partial charge >= 0.3 is 5.97 Å². The van der Waals surface area contributed by atoms with Gasteiger partial charge in [-0.25, -0.2) is 18.3 Å². The molecule has 3 aromatic rings. The van der Waals surface area contributed by atoms with Gasteiger partial charge in [-0.05, 0) is 30.7 Å². The maximum Gasteiger partial charge on any atom is 0.367 e. The molecule has 2 aromatic carbocycles. The fourth-order valence-electron chi connectivity index (χ4n) is 3.10. The van der Waals surface area contributed by atoms with Crippen molar-refractivity contribution in [3.8, 4) is 5.69 Å². The quantitative estimate of drug-likeness (QED) is 0.630. The molecule has 146 valence electrons. The number of amides is 2. The molecule has 0 bridgehead atoms. The molecule has 0 spiro atoms. The zero-order valence-electron chi connectivity index (χ0n) is 15.0. The van der Waals surface area contributed by atoms with E-state index in [0.29, 0.717) is 11.3 Å². The second kappa shape index (κ2) is 6.93. The Balaban J connectivity index is 1.68. The third kappa shape index (κ3) is 2.96. The van der Waals surface area contributed by atoms with Gasteiger partial charge in [-0.1, -0.05) is 35.4 Å². The summed E-state index contributed by atoms with van der Waals surface area (Å²) in [6.45, 7) is 1.71. The van der Waals surface area contributed by atoms with Gasteiger partial charge in [0.15, 0.2) is 0 Å². The molecular weight excluding hydrogens is 384 g/mol. The lowest BCUT2D eigenvalue weighted by atomic mass is 10.1. The highest BCUT2D eigenvalue weighted by molar-refractivity contribution is 6.21. The third-order valence-corrected chi connectivity index (χ3v) is 4.51. The Morgan fingerprint density at radius 3 is 2.17 bits per heavy atom. The largest absolute Gasteiger partial charge is 0.367 e. The number of carbonyl (C=O) groups is 3. The zero-order chi connectivity index (χ0) is 20.7. The van der Waals surface area contributed by atoms with E-state index in [9.17, 15) is 23.2 Å². The van der Waals surface area contributed by atoms with Gasteiger partial charge in [0.1, 0.15) is 11.3 Å². The molecule has 1 aromatic heterocycles. The Bertz CT molecular complexity index is 1120. The van der Waals surface area contributed by atoms with Crippen molar-refractivity contribution in [1.29, 1.82) is 0 Å². The van der Waals surface area contributed by atoms with E-state index >= 15 is 0 Å². The van der Waals surface area contributed by atoms with Crippen LogP contribution in [0.3, 0.4) is 0 Å². The molecule has 0 fully saturated rings. The fourth-order valence-corrected chi connectivity index (χ4v) is 3.10. The first-order valence-electron chi connectivity index (χ1n) is 8.52. The standard InChI is InChI=1S/C20H13F2N3O4/c1-11-6-2-5-9-15(11)24-16(17(21)22)14(10-23-24)20(28)29-25-18(26)12-7-3-4-8-13(12)19(25)27/h2-10,17H,1H3. The second-order valence-electron chi connectivity index (χ2n) is 6.27. The van der Waals surface area contributed by atoms with Gasteiger partial charge < -0.3 is 4.84 Å².